The molecular weight excluding hydrogens is 298 g/mol. The lowest BCUT2D eigenvalue weighted by atomic mass is 10.1. The number of carbonyl (C=O) groups is 1. The van der Waals surface area contributed by atoms with Gasteiger partial charge in [-0.15, -0.1) is 0 Å². The van der Waals surface area contributed by atoms with Gasteiger partial charge in [0.2, 0.25) is 0 Å². The Morgan fingerprint density at radius 2 is 2.17 bits per heavy atom. The molecule has 0 aliphatic heterocycles. The Labute approximate surface area is 135 Å². The van der Waals surface area contributed by atoms with Crippen LogP contribution in [0.5, 0.6) is 0 Å². The fourth-order valence-electron chi connectivity index (χ4n) is 2.05. The van der Waals surface area contributed by atoms with Gasteiger partial charge < -0.3 is 15.4 Å². The van der Waals surface area contributed by atoms with E-state index in [4.69, 9.17) is 4.74 Å². The largest absolute Gasteiger partial charge is 0.379 e. The van der Waals surface area contributed by atoms with E-state index in [2.05, 4.69) is 24.5 Å². The number of hydrogen-bond acceptors (Lipinski definition) is 5. The number of nitro groups is 1. The normalized spacial score (nSPS) is 13.9. The molecule has 0 bridgehead atoms. The maximum Gasteiger partial charge on any atom is 0.293 e. The molecule has 0 unspecified atom stereocenters. The summed E-state index contributed by atoms with van der Waals surface area (Å²) in [5, 5.41) is 17.0. The Balaban J connectivity index is 1.95. The maximum absolute atomic E-state index is 12.0. The number of nitrogens with zero attached hydrogens (tertiary/aromatic N) is 1. The Kier molecular flexibility index (Phi) is 5.92. The van der Waals surface area contributed by atoms with Crippen LogP contribution in [0.25, 0.3) is 0 Å². The second-order valence-corrected chi connectivity index (χ2v) is 6.13. The van der Waals surface area contributed by atoms with Crippen molar-refractivity contribution >= 4 is 17.3 Å². The van der Waals surface area contributed by atoms with Gasteiger partial charge in [0.15, 0.2) is 0 Å². The highest BCUT2D eigenvalue weighted by Crippen LogP contribution is 2.26. The molecule has 1 aromatic carbocycles. The van der Waals surface area contributed by atoms with Crippen molar-refractivity contribution in [2.24, 2.45) is 5.92 Å². The fourth-order valence-corrected chi connectivity index (χ4v) is 2.05. The van der Waals surface area contributed by atoms with Gasteiger partial charge in [0, 0.05) is 30.8 Å². The third-order valence-electron chi connectivity index (χ3n) is 3.38. The summed E-state index contributed by atoms with van der Waals surface area (Å²) in [6, 6.07) is 4.71. The predicted octanol–water partition coefficient (Wildman–Crippen LogP) is 2.57. The number of ether oxygens (including phenoxy) is 1. The fraction of sp³-hybridized carbons (Fsp3) is 0.562. The minimum Gasteiger partial charge on any atom is -0.379 e. The minimum atomic E-state index is -0.481. The van der Waals surface area contributed by atoms with E-state index in [1.54, 1.807) is 12.1 Å². The molecule has 2 rings (SSSR count). The molecular formula is C16H23N3O4. The van der Waals surface area contributed by atoms with Crippen LogP contribution in [0.15, 0.2) is 18.2 Å². The van der Waals surface area contributed by atoms with Crippen molar-refractivity contribution in [1.82, 2.24) is 5.32 Å². The van der Waals surface area contributed by atoms with Gasteiger partial charge in [0.05, 0.1) is 11.5 Å². The first-order valence-electron chi connectivity index (χ1n) is 7.88. The van der Waals surface area contributed by atoms with Crippen molar-refractivity contribution < 1.29 is 14.5 Å². The van der Waals surface area contributed by atoms with E-state index < -0.39 is 4.92 Å². The first-order chi connectivity index (χ1) is 11.0. The molecule has 1 saturated carbocycles. The third-order valence-corrected chi connectivity index (χ3v) is 3.38. The molecule has 2 N–H and O–H groups in total. The summed E-state index contributed by atoms with van der Waals surface area (Å²) < 4.78 is 5.43. The quantitative estimate of drug-likeness (QED) is 0.414. The van der Waals surface area contributed by atoms with Crippen molar-refractivity contribution in [3.05, 3.63) is 33.9 Å². The molecule has 23 heavy (non-hydrogen) atoms. The van der Waals surface area contributed by atoms with E-state index in [0.717, 1.165) is 12.8 Å². The van der Waals surface area contributed by atoms with Crippen molar-refractivity contribution in [2.45, 2.75) is 32.7 Å². The zero-order valence-corrected chi connectivity index (χ0v) is 13.5. The van der Waals surface area contributed by atoms with Gasteiger partial charge in [0.25, 0.3) is 11.6 Å². The summed E-state index contributed by atoms with van der Waals surface area (Å²) in [7, 11) is 0. The topological polar surface area (TPSA) is 93.5 Å². The molecule has 1 fully saturated rings. The Hall–Kier alpha value is -2.15. The highest BCUT2D eigenvalue weighted by Gasteiger charge is 2.25. The second-order valence-electron chi connectivity index (χ2n) is 6.13. The van der Waals surface area contributed by atoms with Crippen LogP contribution in [0.4, 0.5) is 11.4 Å². The predicted molar refractivity (Wildman–Crippen MR) is 87.7 cm³/mol. The maximum atomic E-state index is 12.0. The van der Waals surface area contributed by atoms with Crippen LogP contribution in [0, 0.1) is 16.0 Å². The number of benzene rings is 1. The van der Waals surface area contributed by atoms with E-state index in [0.29, 0.717) is 36.9 Å². The van der Waals surface area contributed by atoms with E-state index in [-0.39, 0.29) is 17.6 Å². The zero-order chi connectivity index (χ0) is 16.8. The van der Waals surface area contributed by atoms with Crippen LogP contribution >= 0.6 is 0 Å². The average Bonchev–Trinajstić information content (AvgIpc) is 3.30. The average molecular weight is 321 g/mol. The SMILES string of the molecule is CC(C)COCCNc1ccc(C(=O)NC2CC2)cc1[N+](=O)[O-]. The molecule has 1 amide bonds. The van der Waals surface area contributed by atoms with E-state index in [1.165, 1.54) is 6.07 Å². The number of carbonyl (C=O) groups excluding carboxylic acids is 1. The highest BCUT2D eigenvalue weighted by molar-refractivity contribution is 5.96. The Bertz CT molecular complexity index is 570. The molecule has 1 aliphatic carbocycles. The molecule has 0 saturated heterocycles. The second kappa shape index (κ2) is 7.92. The van der Waals surface area contributed by atoms with E-state index in [9.17, 15) is 14.9 Å². The van der Waals surface area contributed by atoms with Gasteiger partial charge in [-0.1, -0.05) is 13.8 Å². The van der Waals surface area contributed by atoms with Crippen molar-refractivity contribution in [3.63, 3.8) is 0 Å². The monoisotopic (exact) mass is 321 g/mol. The third kappa shape index (κ3) is 5.52. The van der Waals surface area contributed by atoms with Gasteiger partial charge in [-0.2, -0.15) is 0 Å². The molecule has 0 atom stereocenters. The lowest BCUT2D eigenvalue weighted by molar-refractivity contribution is -0.384. The molecule has 1 aromatic rings. The Morgan fingerprint density at radius 1 is 1.43 bits per heavy atom. The first kappa shape index (κ1) is 17.2. The smallest absolute Gasteiger partial charge is 0.293 e. The lowest BCUT2D eigenvalue weighted by Crippen LogP contribution is -2.25. The number of hydrogen-bond donors (Lipinski definition) is 2. The highest BCUT2D eigenvalue weighted by atomic mass is 16.6. The van der Waals surface area contributed by atoms with Crippen LogP contribution in [0.3, 0.4) is 0 Å². The number of amides is 1. The van der Waals surface area contributed by atoms with Crippen LogP contribution in [0.2, 0.25) is 0 Å². The Morgan fingerprint density at radius 3 is 2.78 bits per heavy atom. The van der Waals surface area contributed by atoms with Gasteiger partial charge in [-0.05, 0) is 30.9 Å². The van der Waals surface area contributed by atoms with Crippen molar-refractivity contribution in [1.29, 1.82) is 0 Å². The summed E-state index contributed by atoms with van der Waals surface area (Å²) in [6.45, 7) is 5.72. The summed E-state index contributed by atoms with van der Waals surface area (Å²) in [4.78, 5) is 22.7. The minimum absolute atomic E-state index is 0.0997. The van der Waals surface area contributed by atoms with Crippen LogP contribution < -0.4 is 10.6 Å². The van der Waals surface area contributed by atoms with E-state index in [1.807, 2.05) is 0 Å². The van der Waals surface area contributed by atoms with E-state index >= 15 is 0 Å². The number of anilines is 1. The lowest BCUT2D eigenvalue weighted by Gasteiger charge is -2.10. The van der Waals surface area contributed by atoms with Crippen molar-refractivity contribution in [2.75, 3.05) is 25.1 Å². The van der Waals surface area contributed by atoms with Crippen LogP contribution in [-0.2, 0) is 4.74 Å². The molecule has 0 heterocycles. The molecule has 7 heteroatoms. The van der Waals surface area contributed by atoms with Gasteiger partial charge >= 0.3 is 0 Å². The van der Waals surface area contributed by atoms with Crippen LogP contribution in [0.1, 0.15) is 37.0 Å². The molecule has 7 nitrogen and oxygen atoms in total. The standard InChI is InChI=1S/C16H23N3O4/c1-11(2)10-23-8-7-17-14-6-3-12(9-15(14)19(21)22)16(20)18-13-4-5-13/h3,6,9,11,13,17H,4-5,7-8,10H2,1-2H3,(H,18,20). The summed E-state index contributed by atoms with van der Waals surface area (Å²) in [5.41, 5.74) is 0.605. The summed E-state index contributed by atoms with van der Waals surface area (Å²) >= 11 is 0. The van der Waals surface area contributed by atoms with Gasteiger partial charge in [-0.25, -0.2) is 0 Å². The molecule has 0 aromatic heterocycles. The summed E-state index contributed by atoms with van der Waals surface area (Å²) in [5.74, 6) is 0.191. The number of rotatable bonds is 9. The molecule has 0 radical (unpaired) electrons. The van der Waals surface area contributed by atoms with Crippen LogP contribution in [-0.4, -0.2) is 36.6 Å². The molecule has 1 aliphatic rings. The zero-order valence-electron chi connectivity index (χ0n) is 13.5. The number of nitrogens with one attached hydrogen (secondary N) is 2. The van der Waals surface area contributed by atoms with Gasteiger partial charge in [-0.3, -0.25) is 14.9 Å². The van der Waals surface area contributed by atoms with Gasteiger partial charge in [0.1, 0.15) is 5.69 Å². The first-order valence-corrected chi connectivity index (χ1v) is 7.88. The molecule has 0 spiro atoms. The molecule has 126 valence electrons. The van der Waals surface area contributed by atoms with Crippen molar-refractivity contribution in [3.8, 4) is 0 Å². The summed E-state index contributed by atoms with van der Waals surface area (Å²) in [6.07, 6.45) is 1.95. The number of nitro benzene ring substituents is 1.